The van der Waals surface area contributed by atoms with E-state index in [4.69, 9.17) is 9.84 Å². The van der Waals surface area contributed by atoms with Crippen molar-refractivity contribution in [3.8, 4) is 5.75 Å². The van der Waals surface area contributed by atoms with Crippen LogP contribution in [0.1, 0.15) is 13.8 Å². The number of thioether (sulfide) groups is 1. The number of benzene rings is 1. The third kappa shape index (κ3) is 3.90. The normalized spacial score (nSPS) is 11.0. The first-order valence-corrected chi connectivity index (χ1v) is 7.04. The van der Waals surface area contributed by atoms with Gasteiger partial charge < -0.3 is 14.7 Å². The number of carboxylic acid groups (broad SMARTS) is 1. The van der Waals surface area contributed by atoms with Gasteiger partial charge in [-0.1, -0.05) is 0 Å². The third-order valence-corrected chi connectivity index (χ3v) is 4.15. The van der Waals surface area contributed by atoms with Crippen molar-refractivity contribution in [3.05, 3.63) is 24.3 Å². The fraction of sp³-hybridized carbons (Fsp3) is 0.429. The van der Waals surface area contributed by atoms with Gasteiger partial charge in [-0.15, -0.1) is 11.8 Å². The molecule has 110 valence electrons. The standard InChI is InChI=1S/C14H19NO4S/c1-14(2,13(17)18)15(3)12(16)9-20-11-7-5-10(19-4)6-8-11/h5-8H,9H2,1-4H3,(H,17,18). The van der Waals surface area contributed by atoms with Crippen LogP contribution in [0.3, 0.4) is 0 Å². The molecule has 6 heteroatoms. The Morgan fingerprint density at radius 1 is 1.30 bits per heavy atom. The number of carbonyl (C=O) groups excluding carboxylic acids is 1. The number of ether oxygens (including phenoxy) is 1. The molecule has 5 nitrogen and oxygen atoms in total. The molecule has 0 atom stereocenters. The maximum atomic E-state index is 12.0. The van der Waals surface area contributed by atoms with Crippen molar-refractivity contribution in [2.45, 2.75) is 24.3 Å². The van der Waals surface area contributed by atoms with Gasteiger partial charge in [0.1, 0.15) is 11.3 Å². The lowest BCUT2D eigenvalue weighted by molar-refractivity contribution is -0.154. The van der Waals surface area contributed by atoms with Crippen molar-refractivity contribution in [1.29, 1.82) is 0 Å². The van der Waals surface area contributed by atoms with Crippen molar-refractivity contribution in [3.63, 3.8) is 0 Å². The molecule has 0 saturated carbocycles. The summed E-state index contributed by atoms with van der Waals surface area (Å²) in [7, 11) is 3.10. The van der Waals surface area contributed by atoms with Gasteiger partial charge in [-0.25, -0.2) is 4.79 Å². The van der Waals surface area contributed by atoms with Crippen molar-refractivity contribution in [2.24, 2.45) is 0 Å². The average molecular weight is 297 g/mol. The maximum absolute atomic E-state index is 12.0. The van der Waals surface area contributed by atoms with Crippen LogP contribution < -0.4 is 4.74 Å². The van der Waals surface area contributed by atoms with E-state index in [2.05, 4.69) is 0 Å². The van der Waals surface area contributed by atoms with Gasteiger partial charge in [-0.3, -0.25) is 4.79 Å². The lowest BCUT2D eigenvalue weighted by Crippen LogP contribution is -2.51. The number of methoxy groups -OCH3 is 1. The second-order valence-electron chi connectivity index (χ2n) is 4.78. The molecule has 0 aliphatic carbocycles. The number of hydrogen-bond acceptors (Lipinski definition) is 4. The zero-order chi connectivity index (χ0) is 15.3. The Morgan fingerprint density at radius 3 is 2.30 bits per heavy atom. The summed E-state index contributed by atoms with van der Waals surface area (Å²) in [5.41, 5.74) is -1.21. The second kappa shape index (κ2) is 6.65. The number of carbonyl (C=O) groups is 2. The largest absolute Gasteiger partial charge is 0.497 e. The molecule has 0 saturated heterocycles. The quantitative estimate of drug-likeness (QED) is 0.815. The van der Waals surface area contributed by atoms with Crippen LogP contribution in [0.25, 0.3) is 0 Å². The summed E-state index contributed by atoms with van der Waals surface area (Å²) in [6.07, 6.45) is 0. The van der Waals surface area contributed by atoms with Crippen molar-refractivity contribution in [1.82, 2.24) is 4.90 Å². The molecule has 0 aliphatic rings. The summed E-state index contributed by atoms with van der Waals surface area (Å²) in [5.74, 6) is -0.301. The number of hydrogen-bond donors (Lipinski definition) is 1. The highest BCUT2D eigenvalue weighted by Crippen LogP contribution is 2.22. The summed E-state index contributed by atoms with van der Waals surface area (Å²) >= 11 is 1.36. The zero-order valence-electron chi connectivity index (χ0n) is 12.0. The van der Waals surface area contributed by atoms with E-state index in [1.807, 2.05) is 24.3 Å². The number of aliphatic carboxylic acids is 1. The minimum atomic E-state index is -1.21. The van der Waals surface area contributed by atoms with Crippen LogP contribution in [0.5, 0.6) is 5.75 Å². The van der Waals surface area contributed by atoms with E-state index in [0.717, 1.165) is 10.6 Å². The van der Waals surface area contributed by atoms with Gasteiger partial charge in [-0.2, -0.15) is 0 Å². The summed E-state index contributed by atoms with van der Waals surface area (Å²) in [4.78, 5) is 25.3. The van der Waals surface area contributed by atoms with Gasteiger partial charge >= 0.3 is 5.97 Å². The molecule has 0 aromatic heterocycles. The van der Waals surface area contributed by atoms with Gasteiger partial charge in [0.25, 0.3) is 0 Å². The van der Waals surface area contributed by atoms with Crippen LogP contribution in [0.4, 0.5) is 0 Å². The predicted molar refractivity (Wildman–Crippen MR) is 78.2 cm³/mol. The summed E-state index contributed by atoms with van der Waals surface area (Å²) in [6, 6.07) is 7.35. The fourth-order valence-corrected chi connectivity index (χ4v) is 2.18. The van der Waals surface area contributed by atoms with Gasteiger partial charge in [-0.05, 0) is 38.1 Å². The molecule has 20 heavy (non-hydrogen) atoms. The van der Waals surface area contributed by atoms with E-state index >= 15 is 0 Å². The molecule has 1 amide bonds. The lowest BCUT2D eigenvalue weighted by Gasteiger charge is -2.31. The molecule has 0 fully saturated rings. The number of carboxylic acids is 1. The minimum Gasteiger partial charge on any atom is -0.497 e. The highest BCUT2D eigenvalue weighted by Gasteiger charge is 2.34. The molecule has 1 N–H and O–H groups in total. The molecule has 0 radical (unpaired) electrons. The Labute approximate surface area is 122 Å². The SMILES string of the molecule is COc1ccc(SCC(=O)N(C)C(C)(C)C(=O)O)cc1. The van der Waals surface area contributed by atoms with E-state index in [0.29, 0.717) is 0 Å². The Kier molecular flexibility index (Phi) is 5.44. The molecular weight excluding hydrogens is 278 g/mol. The zero-order valence-corrected chi connectivity index (χ0v) is 12.9. The number of amides is 1. The van der Waals surface area contributed by atoms with Crippen molar-refractivity contribution < 1.29 is 19.4 Å². The molecule has 1 rings (SSSR count). The predicted octanol–water partition coefficient (Wildman–Crippen LogP) is 2.11. The van der Waals surface area contributed by atoms with Gasteiger partial charge in [0.05, 0.1) is 12.9 Å². The summed E-state index contributed by atoms with van der Waals surface area (Å²) in [5, 5.41) is 9.09. The topological polar surface area (TPSA) is 66.8 Å². The monoisotopic (exact) mass is 297 g/mol. The number of likely N-dealkylation sites (N-methyl/N-ethyl adjacent to an activating group) is 1. The third-order valence-electron chi connectivity index (χ3n) is 3.16. The maximum Gasteiger partial charge on any atom is 0.329 e. The molecule has 1 aromatic carbocycles. The molecule has 0 aliphatic heterocycles. The van der Waals surface area contributed by atoms with E-state index in [-0.39, 0.29) is 11.7 Å². The summed E-state index contributed by atoms with van der Waals surface area (Å²) in [6.45, 7) is 3.01. The first-order valence-electron chi connectivity index (χ1n) is 6.06. The van der Waals surface area contributed by atoms with Crippen LogP contribution in [0.2, 0.25) is 0 Å². The number of nitrogens with zero attached hydrogens (tertiary/aromatic N) is 1. The second-order valence-corrected chi connectivity index (χ2v) is 5.83. The van der Waals surface area contributed by atoms with E-state index < -0.39 is 11.5 Å². The Balaban J connectivity index is 2.60. The fourth-order valence-electron chi connectivity index (χ4n) is 1.37. The summed E-state index contributed by atoms with van der Waals surface area (Å²) < 4.78 is 5.05. The molecule has 0 heterocycles. The highest BCUT2D eigenvalue weighted by atomic mass is 32.2. The Bertz CT molecular complexity index is 484. The first kappa shape index (κ1) is 16.4. The highest BCUT2D eigenvalue weighted by molar-refractivity contribution is 8.00. The van der Waals surface area contributed by atoms with E-state index in [9.17, 15) is 9.59 Å². The van der Waals surface area contributed by atoms with Crippen LogP contribution in [-0.2, 0) is 9.59 Å². The number of rotatable bonds is 6. The van der Waals surface area contributed by atoms with Gasteiger partial charge in [0.2, 0.25) is 5.91 Å². The molecule has 1 aromatic rings. The van der Waals surface area contributed by atoms with E-state index in [1.165, 1.54) is 37.6 Å². The van der Waals surface area contributed by atoms with Crippen molar-refractivity contribution >= 4 is 23.6 Å². The minimum absolute atomic E-state index is 0.194. The smallest absolute Gasteiger partial charge is 0.329 e. The van der Waals surface area contributed by atoms with E-state index in [1.54, 1.807) is 7.11 Å². The van der Waals surface area contributed by atoms with Gasteiger partial charge in [0.15, 0.2) is 0 Å². The lowest BCUT2D eigenvalue weighted by atomic mass is 10.0. The Hall–Kier alpha value is -1.69. The molecule has 0 bridgehead atoms. The van der Waals surface area contributed by atoms with Crippen LogP contribution in [0, 0.1) is 0 Å². The first-order chi connectivity index (χ1) is 9.28. The van der Waals surface area contributed by atoms with Gasteiger partial charge in [0, 0.05) is 11.9 Å². The average Bonchev–Trinajstić information content (AvgIpc) is 2.44. The van der Waals surface area contributed by atoms with Crippen LogP contribution in [-0.4, -0.2) is 47.3 Å². The molecular formula is C14H19NO4S. The molecule has 0 unspecified atom stereocenters. The van der Waals surface area contributed by atoms with Crippen LogP contribution in [0.15, 0.2) is 29.2 Å². The Morgan fingerprint density at radius 2 is 1.85 bits per heavy atom. The molecule has 0 spiro atoms. The van der Waals surface area contributed by atoms with Crippen LogP contribution >= 0.6 is 11.8 Å². The van der Waals surface area contributed by atoms with Crippen molar-refractivity contribution in [2.75, 3.05) is 19.9 Å².